The van der Waals surface area contributed by atoms with E-state index in [1.54, 1.807) is 0 Å². The molecular weight excluding hydrogens is 548 g/mol. The maximum absolute atomic E-state index is 15.3. The Morgan fingerprint density at radius 3 is 2.33 bits per heavy atom. The molecule has 1 aliphatic carbocycles. The monoisotopic (exact) mass is 582 g/mol. The van der Waals surface area contributed by atoms with E-state index in [0.717, 1.165) is 29.7 Å². The number of carbonyl (C=O) groups excluding carboxylic acids is 1. The van der Waals surface area contributed by atoms with Crippen molar-refractivity contribution in [1.82, 2.24) is 9.78 Å². The zero-order valence-corrected chi connectivity index (χ0v) is 24.9. The highest BCUT2D eigenvalue weighted by Crippen LogP contribution is 2.45. The van der Waals surface area contributed by atoms with Crippen molar-refractivity contribution < 1.29 is 26.8 Å². The molecule has 10 heteroatoms. The third-order valence-corrected chi connectivity index (χ3v) is 13.5. The second-order valence-corrected chi connectivity index (χ2v) is 17.7. The van der Waals surface area contributed by atoms with Gasteiger partial charge >= 0.3 is 6.18 Å². The molecule has 1 heterocycles. The van der Waals surface area contributed by atoms with Gasteiger partial charge in [0.2, 0.25) is 0 Å². The van der Waals surface area contributed by atoms with Gasteiger partial charge in [0.25, 0.3) is 5.91 Å². The van der Waals surface area contributed by atoms with Crippen LogP contribution in [0, 0.1) is 11.7 Å². The zero-order chi connectivity index (χ0) is 29.0. The van der Waals surface area contributed by atoms with Crippen LogP contribution < -0.4 is 0 Å². The van der Waals surface area contributed by atoms with Crippen molar-refractivity contribution in [1.29, 1.82) is 0 Å². The smallest absolute Gasteiger partial charge is 0.417 e. The maximum Gasteiger partial charge on any atom is 0.417 e. The number of carbonyl (C=O) groups is 1. The Balaban J connectivity index is 1.68. The van der Waals surface area contributed by atoms with Crippen LogP contribution in [-0.2, 0) is 16.0 Å². The molecule has 4 rings (SSSR count). The predicted octanol–water partition coefficient (Wildman–Crippen LogP) is 9.01. The second-order valence-electron chi connectivity index (χ2n) is 12.4. The van der Waals surface area contributed by atoms with Gasteiger partial charge in [0.1, 0.15) is 5.82 Å². The summed E-state index contributed by atoms with van der Waals surface area (Å²) in [6.07, 6.45) is -1.75. The van der Waals surface area contributed by atoms with Crippen molar-refractivity contribution in [2.45, 2.75) is 83.1 Å². The lowest BCUT2D eigenvalue weighted by atomic mass is 9.69. The van der Waals surface area contributed by atoms with Gasteiger partial charge in [-0.25, -0.2) is 4.39 Å². The Morgan fingerprint density at radius 2 is 1.74 bits per heavy atom. The minimum atomic E-state index is -4.80. The summed E-state index contributed by atoms with van der Waals surface area (Å²) in [4.78, 5) is 13.6. The molecule has 1 aliphatic rings. The van der Waals surface area contributed by atoms with Gasteiger partial charge in [-0.2, -0.15) is 23.0 Å². The third kappa shape index (κ3) is 5.68. The first kappa shape index (κ1) is 29.7. The zero-order valence-electron chi connectivity index (χ0n) is 23.2. The van der Waals surface area contributed by atoms with Crippen molar-refractivity contribution >= 4 is 36.7 Å². The van der Waals surface area contributed by atoms with Gasteiger partial charge in [0, 0.05) is 12.0 Å². The van der Waals surface area contributed by atoms with Crippen LogP contribution in [0.25, 0.3) is 10.9 Å². The van der Waals surface area contributed by atoms with Crippen molar-refractivity contribution in [3.63, 3.8) is 0 Å². The molecule has 0 radical (unpaired) electrons. The number of fused-ring (bicyclic) bond motifs is 1. The topological polar surface area (TPSA) is 44.1 Å². The van der Waals surface area contributed by atoms with Crippen LogP contribution in [0.3, 0.4) is 0 Å². The van der Waals surface area contributed by atoms with E-state index >= 15 is 4.39 Å². The second kappa shape index (κ2) is 10.3. The Hall–Kier alpha value is -2.23. The first-order chi connectivity index (χ1) is 18.0. The molecule has 2 aromatic carbocycles. The van der Waals surface area contributed by atoms with Crippen LogP contribution in [0.5, 0.6) is 0 Å². The molecule has 1 fully saturated rings. The fourth-order valence-corrected chi connectivity index (χ4v) is 6.39. The Bertz CT molecular complexity index is 1390. The summed E-state index contributed by atoms with van der Waals surface area (Å²) in [5, 5.41) is 4.43. The fourth-order valence-electron chi connectivity index (χ4n) is 5.05. The lowest BCUT2D eigenvalue weighted by Crippen LogP contribution is -2.42. The van der Waals surface area contributed by atoms with Crippen LogP contribution in [0.15, 0.2) is 36.4 Å². The molecule has 4 nitrogen and oxygen atoms in total. The molecule has 0 atom stereocenters. The van der Waals surface area contributed by atoms with Crippen LogP contribution in [0.2, 0.25) is 23.2 Å². The maximum atomic E-state index is 15.3. The molecule has 1 aromatic heterocycles. The predicted molar refractivity (Wildman–Crippen MR) is 148 cm³/mol. The SMILES string of the molecule is CC1(c2nn(C(=O)c3c(Cl)cccc3C(F)(F)F)c3cccc(F)c23)CCC(CO[Si](C)(C)C(C)(C)C)CC1. The highest BCUT2D eigenvalue weighted by Gasteiger charge is 2.42. The van der Waals surface area contributed by atoms with E-state index in [9.17, 15) is 18.0 Å². The summed E-state index contributed by atoms with van der Waals surface area (Å²) in [5.74, 6) is -1.26. The normalized spacial score (nSPS) is 20.9. The Morgan fingerprint density at radius 1 is 1.13 bits per heavy atom. The summed E-state index contributed by atoms with van der Waals surface area (Å²) in [6, 6.07) is 7.37. The minimum absolute atomic E-state index is 0.111. The average Bonchev–Trinajstić information content (AvgIpc) is 3.24. The number of aromatic nitrogens is 2. The number of nitrogens with zero attached hydrogens (tertiary/aromatic N) is 2. The molecule has 1 saturated carbocycles. The summed E-state index contributed by atoms with van der Waals surface area (Å²) >= 11 is 6.11. The molecule has 0 amide bonds. The number of halogens is 5. The number of hydrogen-bond donors (Lipinski definition) is 0. The molecule has 0 bridgehead atoms. The van der Waals surface area contributed by atoms with Crippen molar-refractivity contribution in [2.75, 3.05) is 6.61 Å². The largest absolute Gasteiger partial charge is 0.417 e. The standard InChI is InChI=1S/C29H35ClF4N2O2Si/c1-27(2,3)39(5,6)38-17-18-13-15-28(4,16-14-18)25-24-21(31)11-8-12-22(24)36(35-25)26(37)23-19(29(32,33)34)9-7-10-20(23)30/h7-12,18H,13-17H2,1-6H3. The number of benzene rings is 2. The third-order valence-electron chi connectivity index (χ3n) is 8.65. The van der Waals surface area contributed by atoms with Crippen molar-refractivity contribution in [3.05, 3.63) is 64.1 Å². The summed E-state index contributed by atoms with van der Waals surface area (Å²) < 4.78 is 63.9. The van der Waals surface area contributed by atoms with Gasteiger partial charge in [-0.1, -0.05) is 51.4 Å². The van der Waals surface area contributed by atoms with Crippen molar-refractivity contribution in [3.8, 4) is 0 Å². The molecule has 0 aliphatic heterocycles. The van der Waals surface area contributed by atoms with E-state index in [0.29, 0.717) is 31.1 Å². The van der Waals surface area contributed by atoms with E-state index in [4.69, 9.17) is 16.0 Å². The first-order valence-electron chi connectivity index (χ1n) is 13.2. The van der Waals surface area contributed by atoms with Crippen LogP contribution >= 0.6 is 11.6 Å². The van der Waals surface area contributed by atoms with Gasteiger partial charge in [-0.3, -0.25) is 4.79 Å². The molecule has 39 heavy (non-hydrogen) atoms. The van der Waals surface area contributed by atoms with Gasteiger partial charge < -0.3 is 4.43 Å². The highest BCUT2D eigenvalue weighted by atomic mass is 35.5. The molecule has 3 aromatic rings. The molecule has 0 N–H and O–H groups in total. The highest BCUT2D eigenvalue weighted by molar-refractivity contribution is 6.74. The molecular formula is C29H35ClF4N2O2Si. The molecule has 0 unspecified atom stereocenters. The molecule has 0 spiro atoms. The van der Waals surface area contributed by atoms with E-state index in [1.165, 1.54) is 24.3 Å². The summed E-state index contributed by atoms with van der Waals surface area (Å²) in [6.45, 7) is 13.7. The van der Waals surface area contributed by atoms with Crippen LogP contribution in [-0.4, -0.2) is 30.6 Å². The lowest BCUT2D eigenvalue weighted by molar-refractivity contribution is -0.137. The molecule has 0 saturated heterocycles. The van der Waals surface area contributed by atoms with Gasteiger partial charge in [-0.05, 0) is 74.0 Å². The van der Waals surface area contributed by atoms with E-state index in [1.807, 2.05) is 6.92 Å². The van der Waals surface area contributed by atoms with E-state index in [-0.39, 0.29) is 21.0 Å². The quantitative estimate of drug-likeness (QED) is 0.223. The number of alkyl halides is 3. The Kier molecular flexibility index (Phi) is 7.86. The van der Waals surface area contributed by atoms with Gasteiger partial charge in [0.15, 0.2) is 8.32 Å². The molecule has 212 valence electrons. The average molecular weight is 583 g/mol. The number of hydrogen-bond acceptors (Lipinski definition) is 3. The fraction of sp³-hybridized carbons (Fsp3) is 0.517. The van der Waals surface area contributed by atoms with Crippen LogP contribution in [0.1, 0.15) is 75.0 Å². The van der Waals surface area contributed by atoms with E-state index in [2.05, 4.69) is 39.0 Å². The van der Waals surface area contributed by atoms with Crippen LogP contribution in [0.4, 0.5) is 17.6 Å². The van der Waals surface area contributed by atoms with Gasteiger partial charge in [-0.15, -0.1) is 0 Å². The van der Waals surface area contributed by atoms with E-state index < -0.39 is 42.8 Å². The number of rotatable bonds is 5. The van der Waals surface area contributed by atoms with Crippen molar-refractivity contribution in [2.24, 2.45) is 5.92 Å². The summed E-state index contributed by atoms with van der Waals surface area (Å²) in [7, 11) is -1.89. The Labute approximate surface area is 232 Å². The summed E-state index contributed by atoms with van der Waals surface area (Å²) in [5.41, 5.74) is -1.92. The lowest BCUT2D eigenvalue weighted by Gasteiger charge is -2.40. The minimum Gasteiger partial charge on any atom is -0.417 e. The van der Waals surface area contributed by atoms with Gasteiger partial charge in [0.05, 0.1) is 32.7 Å². The first-order valence-corrected chi connectivity index (χ1v) is 16.5.